The Morgan fingerprint density at radius 1 is 1.22 bits per heavy atom. The van der Waals surface area contributed by atoms with Gasteiger partial charge in [0.05, 0.1) is 12.1 Å². The van der Waals surface area contributed by atoms with Gasteiger partial charge in [0.25, 0.3) is 0 Å². The Hall–Kier alpha value is -1.71. The Kier molecular flexibility index (Phi) is 3.45. The number of nitrogens with zero attached hydrogens (tertiary/aromatic N) is 2. The molecule has 18 heavy (non-hydrogen) atoms. The Morgan fingerprint density at radius 2 is 1.83 bits per heavy atom. The van der Waals surface area contributed by atoms with E-state index in [1.165, 1.54) is 0 Å². The van der Waals surface area contributed by atoms with Crippen molar-refractivity contribution >= 4 is 6.03 Å². The van der Waals surface area contributed by atoms with Gasteiger partial charge in [0.1, 0.15) is 5.75 Å². The minimum atomic E-state index is 0.0718. The second kappa shape index (κ2) is 4.88. The standard InChI is InChI=1S/C14H20N2O2/c1-10(2)18-12-7-5-11(6-8-12)13-9-15(3)14(17)16(13)4/h5-8,10,13H,9H2,1-4H3. The molecule has 1 atom stereocenters. The minimum Gasteiger partial charge on any atom is -0.491 e. The number of likely N-dealkylation sites (N-methyl/N-ethyl adjacent to an activating group) is 2. The fourth-order valence-electron chi connectivity index (χ4n) is 2.23. The fourth-order valence-corrected chi connectivity index (χ4v) is 2.23. The van der Waals surface area contributed by atoms with Crippen LogP contribution in [0.5, 0.6) is 5.75 Å². The summed E-state index contributed by atoms with van der Waals surface area (Å²) in [4.78, 5) is 15.2. The van der Waals surface area contributed by atoms with Gasteiger partial charge in [-0.3, -0.25) is 0 Å². The molecule has 0 N–H and O–H groups in total. The lowest BCUT2D eigenvalue weighted by Crippen LogP contribution is -2.26. The molecule has 1 unspecified atom stereocenters. The molecular formula is C14H20N2O2. The van der Waals surface area contributed by atoms with Crippen molar-refractivity contribution in [3.05, 3.63) is 29.8 Å². The van der Waals surface area contributed by atoms with Crippen LogP contribution in [0.4, 0.5) is 4.79 Å². The van der Waals surface area contributed by atoms with E-state index in [4.69, 9.17) is 4.74 Å². The van der Waals surface area contributed by atoms with Crippen LogP contribution in [0.3, 0.4) is 0 Å². The van der Waals surface area contributed by atoms with E-state index in [-0.39, 0.29) is 18.2 Å². The van der Waals surface area contributed by atoms with E-state index in [2.05, 4.69) is 0 Å². The zero-order valence-corrected chi connectivity index (χ0v) is 11.4. The van der Waals surface area contributed by atoms with Crippen LogP contribution < -0.4 is 4.74 Å². The summed E-state index contributed by atoms with van der Waals surface area (Å²) in [6, 6.07) is 8.20. The van der Waals surface area contributed by atoms with Gasteiger partial charge in [-0.1, -0.05) is 12.1 Å². The largest absolute Gasteiger partial charge is 0.491 e. The Labute approximate surface area is 108 Å². The fraction of sp³-hybridized carbons (Fsp3) is 0.500. The quantitative estimate of drug-likeness (QED) is 0.823. The van der Waals surface area contributed by atoms with Gasteiger partial charge in [-0.25, -0.2) is 4.79 Å². The van der Waals surface area contributed by atoms with Gasteiger partial charge in [0.15, 0.2) is 0 Å². The third kappa shape index (κ3) is 2.42. The van der Waals surface area contributed by atoms with E-state index in [9.17, 15) is 4.79 Å². The van der Waals surface area contributed by atoms with E-state index in [0.29, 0.717) is 0 Å². The van der Waals surface area contributed by atoms with Crippen LogP contribution in [0.2, 0.25) is 0 Å². The first kappa shape index (κ1) is 12.7. The summed E-state index contributed by atoms with van der Waals surface area (Å²) >= 11 is 0. The molecular weight excluding hydrogens is 228 g/mol. The van der Waals surface area contributed by atoms with Crippen molar-refractivity contribution in [2.75, 3.05) is 20.6 Å². The molecule has 4 nitrogen and oxygen atoms in total. The second-order valence-corrected chi connectivity index (χ2v) is 5.03. The Morgan fingerprint density at radius 3 is 2.28 bits per heavy atom. The number of carbonyl (C=O) groups excluding carboxylic acids is 1. The van der Waals surface area contributed by atoms with Gasteiger partial charge in [-0.05, 0) is 31.5 Å². The maximum absolute atomic E-state index is 11.7. The van der Waals surface area contributed by atoms with Crippen molar-refractivity contribution in [3.8, 4) is 5.75 Å². The summed E-state index contributed by atoms with van der Waals surface area (Å²) < 4.78 is 5.61. The van der Waals surface area contributed by atoms with Crippen molar-refractivity contribution in [1.29, 1.82) is 0 Å². The van der Waals surface area contributed by atoms with Gasteiger partial charge in [-0.15, -0.1) is 0 Å². The summed E-state index contributed by atoms with van der Waals surface area (Å²) in [6.45, 7) is 4.75. The van der Waals surface area contributed by atoms with Crippen LogP contribution in [-0.4, -0.2) is 42.6 Å². The highest BCUT2D eigenvalue weighted by Gasteiger charge is 2.32. The maximum Gasteiger partial charge on any atom is 0.320 e. The van der Waals surface area contributed by atoms with Crippen molar-refractivity contribution in [1.82, 2.24) is 9.80 Å². The molecule has 4 heteroatoms. The molecule has 1 fully saturated rings. The smallest absolute Gasteiger partial charge is 0.320 e. The predicted molar refractivity (Wildman–Crippen MR) is 70.7 cm³/mol. The highest BCUT2D eigenvalue weighted by molar-refractivity contribution is 5.76. The van der Waals surface area contributed by atoms with Gasteiger partial charge in [-0.2, -0.15) is 0 Å². The van der Waals surface area contributed by atoms with Crippen molar-refractivity contribution in [2.24, 2.45) is 0 Å². The first-order chi connectivity index (χ1) is 8.49. The molecule has 1 aliphatic rings. The Bertz CT molecular complexity index is 428. The molecule has 1 aromatic rings. The zero-order valence-electron chi connectivity index (χ0n) is 11.4. The maximum atomic E-state index is 11.7. The molecule has 0 aliphatic carbocycles. The van der Waals surface area contributed by atoms with Gasteiger partial charge < -0.3 is 14.5 Å². The lowest BCUT2D eigenvalue weighted by atomic mass is 10.1. The normalized spacial score (nSPS) is 19.8. The summed E-state index contributed by atoms with van der Waals surface area (Å²) in [5, 5.41) is 0. The molecule has 0 spiro atoms. The molecule has 98 valence electrons. The topological polar surface area (TPSA) is 32.8 Å². The van der Waals surface area contributed by atoms with Crippen LogP contribution in [0, 0.1) is 0 Å². The zero-order chi connectivity index (χ0) is 13.3. The molecule has 1 aromatic carbocycles. The summed E-state index contributed by atoms with van der Waals surface area (Å²) in [7, 11) is 3.67. The van der Waals surface area contributed by atoms with E-state index in [1.807, 2.05) is 52.2 Å². The van der Waals surface area contributed by atoms with Crippen LogP contribution >= 0.6 is 0 Å². The number of hydrogen-bond donors (Lipinski definition) is 0. The number of benzene rings is 1. The third-order valence-corrected chi connectivity index (χ3v) is 3.18. The molecule has 1 aliphatic heterocycles. The highest BCUT2D eigenvalue weighted by Crippen LogP contribution is 2.28. The molecule has 0 bridgehead atoms. The molecule has 1 saturated heterocycles. The van der Waals surface area contributed by atoms with Gasteiger partial charge >= 0.3 is 6.03 Å². The SMILES string of the molecule is CC(C)Oc1ccc(C2CN(C)C(=O)N2C)cc1. The summed E-state index contributed by atoms with van der Waals surface area (Å²) in [5.41, 5.74) is 1.14. The lowest BCUT2D eigenvalue weighted by Gasteiger charge is -2.18. The predicted octanol–water partition coefficient (Wildman–Crippen LogP) is 2.51. The minimum absolute atomic E-state index is 0.0718. The van der Waals surface area contributed by atoms with Crippen LogP contribution in [0.25, 0.3) is 0 Å². The van der Waals surface area contributed by atoms with E-state index in [1.54, 1.807) is 9.80 Å². The number of ether oxygens (including phenoxy) is 1. The number of carbonyl (C=O) groups is 1. The van der Waals surface area contributed by atoms with E-state index >= 15 is 0 Å². The average Bonchev–Trinajstić information content (AvgIpc) is 2.57. The van der Waals surface area contributed by atoms with Gasteiger partial charge in [0, 0.05) is 20.6 Å². The van der Waals surface area contributed by atoms with Gasteiger partial charge in [0.2, 0.25) is 0 Å². The molecule has 2 rings (SSSR count). The first-order valence-corrected chi connectivity index (χ1v) is 6.23. The third-order valence-electron chi connectivity index (χ3n) is 3.18. The molecule has 1 heterocycles. The number of amides is 2. The monoisotopic (exact) mass is 248 g/mol. The van der Waals surface area contributed by atoms with E-state index in [0.717, 1.165) is 17.9 Å². The first-order valence-electron chi connectivity index (χ1n) is 6.23. The van der Waals surface area contributed by atoms with Crippen LogP contribution in [0.15, 0.2) is 24.3 Å². The van der Waals surface area contributed by atoms with Crippen LogP contribution in [0.1, 0.15) is 25.5 Å². The summed E-state index contributed by atoms with van der Waals surface area (Å²) in [6.07, 6.45) is 0.178. The highest BCUT2D eigenvalue weighted by atomic mass is 16.5. The molecule has 2 amide bonds. The van der Waals surface area contributed by atoms with E-state index < -0.39 is 0 Å². The molecule has 0 aromatic heterocycles. The number of rotatable bonds is 3. The van der Waals surface area contributed by atoms with Crippen LogP contribution in [-0.2, 0) is 0 Å². The second-order valence-electron chi connectivity index (χ2n) is 5.03. The number of urea groups is 1. The van der Waals surface area contributed by atoms with Crippen molar-refractivity contribution < 1.29 is 9.53 Å². The molecule has 0 radical (unpaired) electrons. The lowest BCUT2D eigenvalue weighted by molar-refractivity contribution is 0.201. The average molecular weight is 248 g/mol. The van der Waals surface area contributed by atoms with Crippen molar-refractivity contribution in [3.63, 3.8) is 0 Å². The molecule has 0 saturated carbocycles. The summed E-state index contributed by atoms with van der Waals surface area (Å²) in [5.74, 6) is 0.870. The Balaban J connectivity index is 2.13. The number of hydrogen-bond acceptors (Lipinski definition) is 2. The van der Waals surface area contributed by atoms with Crippen molar-refractivity contribution in [2.45, 2.75) is 26.0 Å².